The largest absolute Gasteiger partial charge is 0.356 e. The minimum atomic E-state index is -0.515. The second-order valence-corrected chi connectivity index (χ2v) is 4.53. The molecule has 0 aliphatic carbocycles. The first-order chi connectivity index (χ1) is 6.57. The summed E-state index contributed by atoms with van der Waals surface area (Å²) >= 11 is 8.48. The van der Waals surface area contributed by atoms with Crippen molar-refractivity contribution >= 4 is 33.8 Å². The molecule has 0 fully saturated rings. The van der Waals surface area contributed by atoms with Gasteiger partial charge in [-0.25, -0.2) is 4.79 Å². The number of benzene rings is 1. The van der Waals surface area contributed by atoms with E-state index in [1.165, 1.54) is 0 Å². The van der Waals surface area contributed by atoms with Crippen LogP contribution >= 0.6 is 27.8 Å². The molecule has 1 rings (SSSR count). The van der Waals surface area contributed by atoms with Gasteiger partial charge >= 0.3 is 5.97 Å². The first-order valence-corrected chi connectivity index (χ1v) is 5.37. The molecule has 1 aromatic rings. The summed E-state index contributed by atoms with van der Waals surface area (Å²) in [5.74, 6) is -0.515. The van der Waals surface area contributed by atoms with E-state index in [9.17, 15) is 4.79 Å². The average Bonchev–Trinajstić information content (AvgIpc) is 2.16. The molecule has 0 aliphatic rings. The van der Waals surface area contributed by atoms with Crippen LogP contribution in [0.15, 0.2) is 18.2 Å². The van der Waals surface area contributed by atoms with E-state index >= 15 is 0 Å². The molecular weight excluding hydrogens is 267 g/mol. The lowest BCUT2D eigenvalue weighted by Crippen LogP contribution is -2.03. The Morgan fingerprint density at radius 2 is 2.21 bits per heavy atom. The molecule has 0 saturated heterocycles. The number of carbonyl (C=O) groups is 1. The average molecular weight is 278 g/mol. The summed E-state index contributed by atoms with van der Waals surface area (Å²) in [4.78, 5) is 11.4. The zero-order valence-electron chi connectivity index (χ0n) is 7.88. The van der Waals surface area contributed by atoms with Crippen LogP contribution in [0.2, 0.25) is 0 Å². The van der Waals surface area contributed by atoms with Crippen LogP contribution in [0.5, 0.6) is 0 Å². The van der Waals surface area contributed by atoms with E-state index in [4.69, 9.17) is 11.9 Å². The summed E-state index contributed by atoms with van der Waals surface area (Å²) in [5, 5.41) is 0. The maximum absolute atomic E-state index is 11.2. The van der Waals surface area contributed by atoms with Gasteiger partial charge in [0, 0.05) is 4.83 Å². The Kier molecular flexibility index (Phi) is 3.96. The normalized spacial score (nSPS) is 12.3. The molecule has 0 radical (unpaired) electrons. The Morgan fingerprint density at radius 1 is 1.57 bits per heavy atom. The van der Waals surface area contributed by atoms with Crippen LogP contribution in [0.1, 0.15) is 33.2 Å². The highest BCUT2D eigenvalue weighted by Gasteiger charge is 2.14. The predicted octanol–water partition coefficient (Wildman–Crippen LogP) is 3.76. The number of hydrogen-bond acceptors (Lipinski definition) is 2. The van der Waals surface area contributed by atoms with Crippen molar-refractivity contribution in [1.82, 2.24) is 0 Å². The summed E-state index contributed by atoms with van der Waals surface area (Å²) in [6, 6.07) is 5.46. The van der Waals surface area contributed by atoms with Gasteiger partial charge in [0.1, 0.15) is 11.9 Å². The van der Waals surface area contributed by atoms with Crippen molar-refractivity contribution in [2.45, 2.75) is 18.7 Å². The maximum Gasteiger partial charge on any atom is 0.356 e. The fraction of sp³-hybridized carbons (Fsp3) is 0.300. The minimum absolute atomic E-state index is 0.200. The zero-order valence-corrected chi connectivity index (χ0v) is 10.2. The minimum Gasteiger partial charge on any atom is -0.343 e. The molecular formula is C10H10BrClO2. The monoisotopic (exact) mass is 276 g/mol. The Bertz CT molecular complexity index is 350. The highest BCUT2D eigenvalue weighted by atomic mass is 79.9. The molecule has 4 heteroatoms. The van der Waals surface area contributed by atoms with Crippen LogP contribution in [0.4, 0.5) is 0 Å². The van der Waals surface area contributed by atoms with Crippen molar-refractivity contribution in [3.8, 4) is 0 Å². The van der Waals surface area contributed by atoms with E-state index in [2.05, 4.69) is 20.2 Å². The molecule has 0 amide bonds. The molecule has 14 heavy (non-hydrogen) atoms. The number of alkyl halides is 1. The van der Waals surface area contributed by atoms with Crippen molar-refractivity contribution < 1.29 is 9.08 Å². The summed E-state index contributed by atoms with van der Waals surface area (Å²) in [5.41, 5.74) is 2.45. The summed E-state index contributed by atoms with van der Waals surface area (Å²) in [6.45, 7) is 3.87. The molecule has 0 spiro atoms. The molecule has 1 atom stereocenters. The molecule has 0 bridgehead atoms. The Morgan fingerprint density at radius 3 is 2.71 bits per heavy atom. The van der Waals surface area contributed by atoms with Crippen LogP contribution in [0.25, 0.3) is 0 Å². The van der Waals surface area contributed by atoms with Gasteiger partial charge in [0.25, 0.3) is 0 Å². The number of rotatable bonds is 2. The van der Waals surface area contributed by atoms with Crippen LogP contribution in [-0.2, 0) is 4.29 Å². The lowest BCUT2D eigenvalue weighted by Gasteiger charge is -2.10. The molecule has 0 aliphatic heterocycles. The fourth-order valence-corrected chi connectivity index (χ4v) is 1.93. The van der Waals surface area contributed by atoms with Gasteiger partial charge in [-0.3, -0.25) is 0 Å². The quantitative estimate of drug-likeness (QED) is 0.769. The van der Waals surface area contributed by atoms with Crippen molar-refractivity contribution in [3.05, 3.63) is 34.9 Å². The van der Waals surface area contributed by atoms with Crippen LogP contribution < -0.4 is 0 Å². The lowest BCUT2D eigenvalue weighted by molar-refractivity contribution is 0.0750. The van der Waals surface area contributed by atoms with E-state index in [0.29, 0.717) is 5.56 Å². The second-order valence-electron chi connectivity index (χ2n) is 3.00. The van der Waals surface area contributed by atoms with Crippen molar-refractivity contribution in [2.24, 2.45) is 0 Å². The van der Waals surface area contributed by atoms with Crippen molar-refractivity contribution in [2.75, 3.05) is 0 Å². The van der Waals surface area contributed by atoms with E-state index in [1.807, 2.05) is 26.0 Å². The standard InChI is InChI=1S/C10H10BrClO2/c1-6-8(7(2)11)4-3-5-9(6)10(13)14-12/h3-5,7H,1-2H3. The molecule has 0 aromatic heterocycles. The number of halogens is 2. The third kappa shape index (κ3) is 2.28. The van der Waals surface area contributed by atoms with E-state index in [-0.39, 0.29) is 4.83 Å². The highest BCUT2D eigenvalue weighted by Crippen LogP contribution is 2.27. The smallest absolute Gasteiger partial charge is 0.343 e. The van der Waals surface area contributed by atoms with Gasteiger partial charge in [-0.15, -0.1) is 0 Å². The molecule has 0 saturated carbocycles. The van der Waals surface area contributed by atoms with Crippen LogP contribution in [0.3, 0.4) is 0 Å². The van der Waals surface area contributed by atoms with Gasteiger partial charge in [-0.05, 0) is 31.0 Å². The Labute approximate surface area is 96.5 Å². The van der Waals surface area contributed by atoms with Gasteiger partial charge in [-0.2, -0.15) is 0 Å². The number of carbonyl (C=O) groups excluding carboxylic acids is 1. The molecule has 0 N–H and O–H groups in total. The van der Waals surface area contributed by atoms with Gasteiger partial charge < -0.3 is 4.29 Å². The number of hydrogen-bond donors (Lipinski definition) is 0. The zero-order chi connectivity index (χ0) is 10.7. The first-order valence-electron chi connectivity index (χ1n) is 4.14. The highest BCUT2D eigenvalue weighted by molar-refractivity contribution is 9.09. The van der Waals surface area contributed by atoms with E-state index < -0.39 is 5.97 Å². The van der Waals surface area contributed by atoms with Gasteiger partial charge in [0.05, 0.1) is 5.56 Å². The van der Waals surface area contributed by atoms with Crippen LogP contribution in [0, 0.1) is 6.92 Å². The first kappa shape index (κ1) is 11.5. The van der Waals surface area contributed by atoms with Crippen LogP contribution in [-0.4, -0.2) is 5.97 Å². The second kappa shape index (κ2) is 4.80. The topological polar surface area (TPSA) is 26.3 Å². The van der Waals surface area contributed by atoms with Crippen molar-refractivity contribution in [1.29, 1.82) is 0 Å². The molecule has 0 heterocycles. The lowest BCUT2D eigenvalue weighted by atomic mass is 10.0. The maximum atomic E-state index is 11.2. The van der Waals surface area contributed by atoms with Gasteiger partial charge in [-0.1, -0.05) is 28.1 Å². The summed E-state index contributed by atoms with van der Waals surface area (Å²) < 4.78 is 4.17. The van der Waals surface area contributed by atoms with Gasteiger partial charge in [0.2, 0.25) is 0 Å². The predicted molar refractivity (Wildman–Crippen MR) is 59.8 cm³/mol. The van der Waals surface area contributed by atoms with E-state index in [0.717, 1.165) is 11.1 Å². The van der Waals surface area contributed by atoms with Crippen molar-refractivity contribution in [3.63, 3.8) is 0 Å². The molecule has 76 valence electrons. The molecule has 1 aromatic carbocycles. The molecule has 1 unspecified atom stereocenters. The third-order valence-corrected chi connectivity index (χ3v) is 2.73. The fourth-order valence-electron chi connectivity index (χ4n) is 1.35. The van der Waals surface area contributed by atoms with Gasteiger partial charge in [0.15, 0.2) is 0 Å². The molecule has 2 nitrogen and oxygen atoms in total. The summed E-state index contributed by atoms with van der Waals surface area (Å²) in [6.07, 6.45) is 0. The summed E-state index contributed by atoms with van der Waals surface area (Å²) in [7, 11) is 0. The SMILES string of the molecule is Cc1c(C(=O)OCl)cccc1C(C)Br. The van der Waals surface area contributed by atoms with E-state index in [1.54, 1.807) is 6.07 Å². The Balaban J connectivity index is 3.20. The third-order valence-electron chi connectivity index (χ3n) is 2.09. The Hall–Kier alpha value is -0.540.